The van der Waals surface area contributed by atoms with E-state index in [9.17, 15) is 0 Å². The molecule has 9 aromatic rings. The molecule has 1 atom stereocenters. The molecule has 2 nitrogen and oxygen atoms in total. The highest BCUT2D eigenvalue weighted by molar-refractivity contribution is 6.20. The Bertz CT molecular complexity index is 3360. The van der Waals surface area contributed by atoms with Gasteiger partial charge in [0.25, 0.3) is 0 Å². The highest BCUT2D eigenvalue weighted by Gasteiger charge is 2.37. The number of rotatable bonds is 6. The molecule has 3 aliphatic rings. The fourth-order valence-electron chi connectivity index (χ4n) is 10.3. The Morgan fingerprint density at radius 1 is 0.508 bits per heavy atom. The van der Waals surface area contributed by atoms with Crippen molar-refractivity contribution < 1.29 is 4.42 Å². The fraction of sp³-hybridized carbons (Fsp3) is 0.0877. The first-order chi connectivity index (χ1) is 29.0. The van der Waals surface area contributed by atoms with Gasteiger partial charge in [-0.25, -0.2) is 0 Å². The zero-order valence-corrected chi connectivity index (χ0v) is 33.1. The predicted octanol–water partition coefficient (Wildman–Crippen LogP) is 15.1. The first-order valence-corrected chi connectivity index (χ1v) is 20.8. The van der Waals surface area contributed by atoms with Gasteiger partial charge in [-0.2, -0.15) is 0 Å². The molecule has 2 aliphatic heterocycles. The van der Waals surface area contributed by atoms with E-state index in [1.807, 2.05) is 6.07 Å². The molecule has 0 bridgehead atoms. The molecule has 2 heteroatoms. The number of para-hydroxylation sites is 2. The van der Waals surface area contributed by atoms with Gasteiger partial charge in [-0.15, -0.1) is 0 Å². The Hall–Kier alpha value is -7.16. The Morgan fingerprint density at radius 3 is 2.07 bits per heavy atom. The van der Waals surface area contributed by atoms with Crippen molar-refractivity contribution >= 4 is 43.7 Å². The average molecular weight is 756 g/mol. The maximum atomic E-state index is 6.48. The summed E-state index contributed by atoms with van der Waals surface area (Å²) in [6.07, 6.45) is 0.895. The molecule has 0 N–H and O–H groups in total. The van der Waals surface area contributed by atoms with Crippen LogP contribution in [0, 0.1) is 0 Å². The van der Waals surface area contributed by atoms with E-state index in [0.29, 0.717) is 0 Å². The van der Waals surface area contributed by atoms with Gasteiger partial charge in [0.1, 0.15) is 0 Å². The minimum absolute atomic E-state index is 0.0543. The molecule has 0 amide bonds. The molecule has 9 aromatic carbocycles. The summed E-state index contributed by atoms with van der Waals surface area (Å²) in [7, 11) is 0. The van der Waals surface area contributed by atoms with Gasteiger partial charge >= 0.3 is 0 Å². The third-order valence-electron chi connectivity index (χ3n) is 13.2. The summed E-state index contributed by atoms with van der Waals surface area (Å²) in [6.45, 7) is 4.75. The minimum Gasteiger partial charge on any atom is -0.453 e. The molecule has 12 rings (SSSR count). The monoisotopic (exact) mass is 755 g/mol. The second-order valence-electron chi connectivity index (χ2n) is 16.8. The maximum Gasteiger partial charge on any atom is 0.152 e. The van der Waals surface area contributed by atoms with Crippen LogP contribution in [0.5, 0.6) is 0 Å². The number of aromatic nitrogens is 1. The third-order valence-corrected chi connectivity index (χ3v) is 13.2. The Kier molecular flexibility index (Phi) is 7.43. The number of hydrogen-bond donors (Lipinski definition) is 0. The summed E-state index contributed by atoms with van der Waals surface area (Å²) in [6, 6.07) is 71.6. The van der Waals surface area contributed by atoms with Gasteiger partial charge in [-0.3, -0.25) is 0 Å². The molecule has 0 saturated carbocycles. The van der Waals surface area contributed by atoms with Crippen LogP contribution in [-0.2, 0) is 11.8 Å². The number of nitrogens with zero attached hydrogens (tertiary/aromatic N) is 1. The van der Waals surface area contributed by atoms with Gasteiger partial charge in [-0.1, -0.05) is 178 Å². The van der Waals surface area contributed by atoms with Crippen LogP contribution in [0.3, 0.4) is 0 Å². The normalized spacial score (nSPS) is 13.7. The molecule has 0 radical (unpaired) electrons. The van der Waals surface area contributed by atoms with Crippen molar-refractivity contribution in [3.05, 3.63) is 222 Å². The lowest BCUT2D eigenvalue weighted by Crippen LogP contribution is -2.15. The van der Waals surface area contributed by atoms with Crippen molar-refractivity contribution in [1.29, 1.82) is 0 Å². The van der Waals surface area contributed by atoms with Gasteiger partial charge in [0.15, 0.2) is 11.2 Å². The van der Waals surface area contributed by atoms with E-state index in [4.69, 9.17) is 4.42 Å². The molecule has 0 saturated heterocycles. The molecule has 2 heterocycles. The van der Waals surface area contributed by atoms with E-state index in [0.717, 1.165) is 28.8 Å². The molecule has 1 unspecified atom stereocenters. The largest absolute Gasteiger partial charge is 0.453 e. The van der Waals surface area contributed by atoms with E-state index in [-0.39, 0.29) is 11.3 Å². The lowest BCUT2D eigenvalue weighted by molar-refractivity contribution is 0.648. The third kappa shape index (κ3) is 5.19. The molecule has 59 heavy (non-hydrogen) atoms. The molecule has 0 spiro atoms. The number of fused-ring (bicyclic) bond motifs is 8. The van der Waals surface area contributed by atoms with Crippen molar-refractivity contribution in [1.82, 2.24) is 4.57 Å². The van der Waals surface area contributed by atoms with Crippen molar-refractivity contribution in [2.24, 2.45) is 0 Å². The highest BCUT2D eigenvalue weighted by Crippen LogP contribution is 2.52. The van der Waals surface area contributed by atoms with E-state index in [2.05, 4.69) is 206 Å². The van der Waals surface area contributed by atoms with Crippen LogP contribution in [0.4, 0.5) is 0 Å². The zero-order chi connectivity index (χ0) is 39.2. The fourth-order valence-corrected chi connectivity index (χ4v) is 10.3. The second kappa shape index (κ2) is 12.9. The summed E-state index contributed by atoms with van der Waals surface area (Å²) >= 11 is 0. The molecule has 0 fully saturated rings. The van der Waals surface area contributed by atoms with E-state index in [1.54, 1.807) is 0 Å². The van der Waals surface area contributed by atoms with Crippen molar-refractivity contribution in [3.8, 4) is 39.1 Å². The summed E-state index contributed by atoms with van der Waals surface area (Å²) in [5.41, 5.74) is 19.7. The predicted molar refractivity (Wildman–Crippen MR) is 246 cm³/mol. The van der Waals surface area contributed by atoms with Crippen LogP contribution in [0.25, 0.3) is 82.8 Å². The van der Waals surface area contributed by atoms with Gasteiger partial charge in [0.05, 0.1) is 16.7 Å². The van der Waals surface area contributed by atoms with Crippen molar-refractivity contribution in [2.75, 3.05) is 0 Å². The molecule has 280 valence electrons. The quantitative estimate of drug-likeness (QED) is 0.122. The summed E-state index contributed by atoms with van der Waals surface area (Å²) < 4.78 is 8.88. The van der Waals surface area contributed by atoms with Crippen LogP contribution in [0.15, 0.2) is 199 Å². The second-order valence-corrected chi connectivity index (χ2v) is 16.8. The van der Waals surface area contributed by atoms with Gasteiger partial charge < -0.3 is 8.98 Å². The van der Waals surface area contributed by atoms with Gasteiger partial charge in [-0.05, 0) is 109 Å². The molecule has 0 aromatic heterocycles. The smallest absolute Gasteiger partial charge is 0.152 e. The van der Waals surface area contributed by atoms with Crippen LogP contribution in [-0.4, -0.2) is 4.57 Å². The molecular weight excluding hydrogens is 715 g/mol. The Labute approximate surface area is 344 Å². The number of hydrogen-bond acceptors (Lipinski definition) is 1. The summed E-state index contributed by atoms with van der Waals surface area (Å²) in [5, 5.41) is 4.93. The summed E-state index contributed by atoms with van der Waals surface area (Å²) in [5.74, 6) is 0.174. The Morgan fingerprint density at radius 2 is 1.20 bits per heavy atom. The average Bonchev–Trinajstić information content (AvgIpc) is 3.53. The SMILES string of the molecule is CC1(C)c2ccccc2-c2c(C(Cc3ccc(-c4ccc5c(c4)c4cccc6ccc7oc8ccccc8n5-c7c64)cc3)c3ccc(-c4ccccc4)cc3)cccc21. The number of benzene rings is 9. The minimum atomic E-state index is -0.0543. The van der Waals surface area contributed by atoms with Crippen LogP contribution >= 0.6 is 0 Å². The standard InChI is InChI=1S/C57H41NO/c1-57(2)48-18-7-6-15-45(48)55-43(17-11-19-49(55)57)46(40-28-26-38(27-29-40)37-12-4-3-5-13-37)34-36-22-24-39(25-23-36)42-30-32-50-47(35-42)44-16-10-14-41-31-33-53-56(54(41)44)58(50)51-20-8-9-21-52(51)59-53/h3-33,35,46H,34H2,1-2H3. The van der Waals surface area contributed by atoms with E-state index >= 15 is 0 Å². The van der Waals surface area contributed by atoms with Crippen LogP contribution in [0.2, 0.25) is 0 Å². The maximum absolute atomic E-state index is 6.48. The lowest BCUT2D eigenvalue weighted by atomic mass is 9.79. The van der Waals surface area contributed by atoms with Crippen LogP contribution < -0.4 is 0 Å². The number of pyridine rings is 1. The zero-order valence-electron chi connectivity index (χ0n) is 33.1. The van der Waals surface area contributed by atoms with Gasteiger partial charge in [0, 0.05) is 22.1 Å². The van der Waals surface area contributed by atoms with E-state index in [1.165, 1.54) is 88.3 Å². The first kappa shape index (κ1) is 33.9. The summed E-state index contributed by atoms with van der Waals surface area (Å²) in [4.78, 5) is 0. The van der Waals surface area contributed by atoms with E-state index < -0.39 is 0 Å². The van der Waals surface area contributed by atoms with Crippen LogP contribution in [0.1, 0.15) is 47.6 Å². The topological polar surface area (TPSA) is 18.1 Å². The lowest BCUT2D eigenvalue weighted by Gasteiger charge is -2.24. The van der Waals surface area contributed by atoms with Gasteiger partial charge in [0.2, 0.25) is 0 Å². The first-order valence-electron chi connectivity index (χ1n) is 20.8. The molecule has 1 aliphatic carbocycles. The highest BCUT2D eigenvalue weighted by atomic mass is 16.3. The van der Waals surface area contributed by atoms with Crippen molar-refractivity contribution in [2.45, 2.75) is 31.6 Å². The molecular formula is C57H41NO. The Balaban J connectivity index is 0.968. The van der Waals surface area contributed by atoms with Crippen molar-refractivity contribution in [3.63, 3.8) is 0 Å².